The number of esters is 1. The Morgan fingerprint density at radius 3 is 2.42 bits per heavy atom. The molecule has 0 atom stereocenters. The van der Waals surface area contributed by atoms with Gasteiger partial charge in [-0.25, -0.2) is 4.79 Å². The number of aryl methyl sites for hydroxylation is 1. The Balaban J connectivity index is 1.87. The van der Waals surface area contributed by atoms with Gasteiger partial charge >= 0.3 is 5.97 Å². The molecule has 2 aromatic rings. The lowest BCUT2D eigenvalue weighted by Gasteiger charge is -2.23. The van der Waals surface area contributed by atoms with Gasteiger partial charge in [0.2, 0.25) is 0 Å². The van der Waals surface area contributed by atoms with Crippen LogP contribution in [0.25, 0.3) is 0 Å². The minimum atomic E-state index is -0.500. The molecule has 1 saturated carbocycles. The molecule has 1 fully saturated rings. The van der Waals surface area contributed by atoms with Gasteiger partial charge in [0.05, 0.1) is 32.9 Å². The fourth-order valence-electron chi connectivity index (χ4n) is 3.69. The van der Waals surface area contributed by atoms with Gasteiger partial charge in [-0.1, -0.05) is 0 Å². The first-order valence-corrected chi connectivity index (χ1v) is 10.2. The summed E-state index contributed by atoms with van der Waals surface area (Å²) in [5.41, 5.74) is 2.17. The summed E-state index contributed by atoms with van der Waals surface area (Å²) < 4.78 is 15.6. The summed E-state index contributed by atoms with van der Waals surface area (Å²) in [5.74, 6) is -0.0323. The third kappa shape index (κ3) is 4.57. The molecule has 0 radical (unpaired) electrons. The number of amides is 1. The van der Waals surface area contributed by atoms with Gasteiger partial charge in [-0.3, -0.25) is 9.59 Å². The van der Waals surface area contributed by atoms with Gasteiger partial charge in [-0.15, -0.1) is 0 Å². The Bertz CT molecular complexity index is 1010. The van der Waals surface area contributed by atoms with Crippen LogP contribution in [-0.4, -0.2) is 61.0 Å². The number of hydrogen-bond acceptors (Lipinski definition) is 6. The van der Waals surface area contributed by atoms with Gasteiger partial charge in [0.15, 0.2) is 5.78 Å². The Kier molecular flexibility index (Phi) is 6.68. The van der Waals surface area contributed by atoms with Crippen molar-refractivity contribution in [1.82, 2.24) is 9.88 Å². The highest BCUT2D eigenvalue weighted by Gasteiger charge is 2.36. The number of carbonyl (C=O) groups excluding carboxylic acids is 3. The van der Waals surface area contributed by atoms with Crippen LogP contribution < -0.4 is 9.47 Å². The largest absolute Gasteiger partial charge is 0.497 e. The molecule has 3 rings (SSSR count). The number of H-pyrrole nitrogens is 1. The number of nitrogens with one attached hydrogen (secondary N) is 1. The molecule has 31 heavy (non-hydrogen) atoms. The van der Waals surface area contributed by atoms with Crippen molar-refractivity contribution in [2.45, 2.75) is 39.7 Å². The summed E-state index contributed by atoms with van der Waals surface area (Å²) in [5, 5.41) is 0. The first kappa shape index (κ1) is 22.4. The van der Waals surface area contributed by atoms with E-state index < -0.39 is 5.97 Å². The average Bonchev–Trinajstić information content (AvgIpc) is 3.55. The molecule has 166 valence electrons. The lowest BCUT2D eigenvalue weighted by Crippen LogP contribution is -2.38. The van der Waals surface area contributed by atoms with Crippen LogP contribution in [0.1, 0.15) is 62.2 Å². The third-order valence-electron chi connectivity index (χ3n) is 5.40. The standard InChI is InChI=1S/C23H28N2O6/c1-6-31-23(28)21-13(2)20(14(3)24-21)18(26)12-25(15-7-8-15)22(27)17-10-9-16(29-4)11-19(17)30-5/h9-11,15,24H,6-8,12H2,1-5H3. The highest BCUT2D eigenvalue weighted by atomic mass is 16.5. The summed E-state index contributed by atoms with van der Waals surface area (Å²) in [6.45, 7) is 5.33. The zero-order valence-corrected chi connectivity index (χ0v) is 18.5. The lowest BCUT2D eigenvalue weighted by molar-refractivity contribution is 0.0519. The second-order valence-corrected chi connectivity index (χ2v) is 7.50. The monoisotopic (exact) mass is 428 g/mol. The number of aromatic nitrogens is 1. The number of ether oxygens (including phenoxy) is 3. The minimum absolute atomic E-state index is 0.00680. The summed E-state index contributed by atoms with van der Waals surface area (Å²) >= 11 is 0. The van der Waals surface area contributed by atoms with Crippen molar-refractivity contribution in [2.75, 3.05) is 27.4 Å². The van der Waals surface area contributed by atoms with Gasteiger partial charge in [-0.05, 0) is 51.3 Å². The molecular formula is C23H28N2O6. The van der Waals surface area contributed by atoms with E-state index in [1.54, 1.807) is 43.9 Å². The van der Waals surface area contributed by atoms with E-state index in [2.05, 4.69) is 4.98 Å². The average molecular weight is 428 g/mol. The van der Waals surface area contributed by atoms with Gasteiger partial charge < -0.3 is 24.1 Å². The first-order chi connectivity index (χ1) is 14.8. The molecule has 1 heterocycles. The second kappa shape index (κ2) is 9.24. The fraction of sp³-hybridized carbons (Fsp3) is 0.435. The number of aromatic amines is 1. The molecule has 0 spiro atoms. The Labute approximate surface area is 181 Å². The summed E-state index contributed by atoms with van der Waals surface area (Å²) in [4.78, 5) is 43.2. The van der Waals surface area contributed by atoms with Crippen molar-refractivity contribution >= 4 is 17.7 Å². The van der Waals surface area contributed by atoms with Gasteiger partial charge in [0.25, 0.3) is 5.91 Å². The van der Waals surface area contributed by atoms with Crippen molar-refractivity contribution < 1.29 is 28.6 Å². The topological polar surface area (TPSA) is 97.9 Å². The number of carbonyl (C=O) groups is 3. The predicted octanol–water partition coefficient (Wildman–Crippen LogP) is 3.31. The molecule has 0 saturated heterocycles. The van der Waals surface area contributed by atoms with Crippen LogP contribution in [0.5, 0.6) is 11.5 Å². The number of benzene rings is 1. The van der Waals surface area contributed by atoms with Crippen LogP contribution in [0.3, 0.4) is 0 Å². The maximum absolute atomic E-state index is 13.3. The molecule has 1 aromatic heterocycles. The van der Waals surface area contributed by atoms with E-state index in [0.29, 0.717) is 33.9 Å². The molecule has 0 aliphatic heterocycles. The number of Topliss-reactive ketones (excluding diaryl/α,β-unsaturated/α-hetero) is 1. The van der Waals surface area contributed by atoms with E-state index in [1.165, 1.54) is 14.2 Å². The van der Waals surface area contributed by atoms with Crippen molar-refractivity contribution in [3.8, 4) is 11.5 Å². The van der Waals surface area contributed by atoms with Crippen LogP contribution in [0.15, 0.2) is 18.2 Å². The van der Waals surface area contributed by atoms with Crippen LogP contribution in [0.2, 0.25) is 0 Å². The smallest absolute Gasteiger partial charge is 0.355 e. The predicted molar refractivity (Wildman–Crippen MR) is 114 cm³/mol. The molecule has 8 nitrogen and oxygen atoms in total. The Hall–Kier alpha value is -3.29. The van der Waals surface area contributed by atoms with E-state index >= 15 is 0 Å². The molecule has 1 aliphatic carbocycles. The Morgan fingerprint density at radius 1 is 1.13 bits per heavy atom. The minimum Gasteiger partial charge on any atom is -0.497 e. The summed E-state index contributed by atoms with van der Waals surface area (Å²) in [6, 6.07) is 4.99. The summed E-state index contributed by atoms with van der Waals surface area (Å²) in [6.07, 6.45) is 1.69. The van der Waals surface area contributed by atoms with E-state index in [1.807, 2.05) is 0 Å². The fourth-order valence-corrected chi connectivity index (χ4v) is 3.69. The Morgan fingerprint density at radius 2 is 1.84 bits per heavy atom. The number of methoxy groups -OCH3 is 2. The quantitative estimate of drug-likeness (QED) is 0.486. The molecule has 8 heteroatoms. The van der Waals surface area contributed by atoms with Gasteiger partial charge in [0.1, 0.15) is 17.2 Å². The number of rotatable bonds is 9. The number of ketones is 1. The highest BCUT2D eigenvalue weighted by molar-refractivity contribution is 6.06. The molecular weight excluding hydrogens is 400 g/mol. The first-order valence-electron chi connectivity index (χ1n) is 10.2. The van der Waals surface area contributed by atoms with Crippen LogP contribution in [0.4, 0.5) is 0 Å². The number of nitrogens with zero attached hydrogens (tertiary/aromatic N) is 1. The maximum Gasteiger partial charge on any atom is 0.355 e. The molecule has 1 aromatic carbocycles. The molecule has 1 N–H and O–H groups in total. The van der Waals surface area contributed by atoms with E-state index in [9.17, 15) is 14.4 Å². The molecule has 1 amide bonds. The van der Waals surface area contributed by atoms with E-state index in [0.717, 1.165) is 12.8 Å². The van der Waals surface area contributed by atoms with Crippen molar-refractivity contribution in [3.63, 3.8) is 0 Å². The normalized spacial score (nSPS) is 12.9. The second-order valence-electron chi connectivity index (χ2n) is 7.50. The van der Waals surface area contributed by atoms with E-state index in [4.69, 9.17) is 14.2 Å². The zero-order valence-electron chi connectivity index (χ0n) is 18.5. The SMILES string of the molecule is CCOC(=O)c1[nH]c(C)c(C(=O)CN(C(=O)c2ccc(OC)cc2OC)C2CC2)c1C. The molecule has 1 aliphatic rings. The van der Waals surface area contributed by atoms with Crippen molar-refractivity contribution in [2.24, 2.45) is 0 Å². The van der Waals surface area contributed by atoms with Crippen LogP contribution in [-0.2, 0) is 4.74 Å². The third-order valence-corrected chi connectivity index (χ3v) is 5.40. The maximum atomic E-state index is 13.3. The van der Waals surface area contributed by atoms with Crippen molar-refractivity contribution in [1.29, 1.82) is 0 Å². The van der Waals surface area contributed by atoms with E-state index in [-0.39, 0.29) is 36.6 Å². The van der Waals surface area contributed by atoms with Crippen LogP contribution in [0, 0.1) is 13.8 Å². The van der Waals surface area contributed by atoms with Crippen LogP contribution >= 0.6 is 0 Å². The molecule has 0 unspecified atom stereocenters. The zero-order chi connectivity index (χ0) is 22.7. The molecule has 0 bridgehead atoms. The highest BCUT2D eigenvalue weighted by Crippen LogP contribution is 2.32. The van der Waals surface area contributed by atoms with Crippen molar-refractivity contribution in [3.05, 3.63) is 46.3 Å². The number of hydrogen-bond donors (Lipinski definition) is 1. The summed E-state index contributed by atoms with van der Waals surface area (Å²) in [7, 11) is 3.03. The van der Waals surface area contributed by atoms with Gasteiger partial charge in [0, 0.05) is 23.4 Å². The lowest BCUT2D eigenvalue weighted by atomic mass is 10.0. The van der Waals surface area contributed by atoms with Gasteiger partial charge in [-0.2, -0.15) is 0 Å².